The van der Waals surface area contributed by atoms with E-state index in [1.165, 1.54) is 11.8 Å². The highest BCUT2D eigenvalue weighted by molar-refractivity contribution is 8.02. The zero-order chi connectivity index (χ0) is 21.0. The van der Waals surface area contributed by atoms with Gasteiger partial charge in [-0.25, -0.2) is 0 Å². The van der Waals surface area contributed by atoms with Crippen LogP contribution in [-0.4, -0.2) is 33.9 Å². The van der Waals surface area contributed by atoms with Gasteiger partial charge in [-0.15, -0.1) is 11.8 Å². The maximum Gasteiger partial charge on any atom is 0.304 e. The number of benzene rings is 2. The number of Topliss-reactive ketones (excluding diaryl/α,β-unsaturated/α-hetero) is 1. The Morgan fingerprint density at radius 3 is 2.24 bits per heavy atom. The van der Waals surface area contributed by atoms with E-state index in [9.17, 15) is 19.5 Å². The van der Waals surface area contributed by atoms with Crippen molar-refractivity contribution in [3.63, 3.8) is 0 Å². The number of nitrogens with zero attached hydrogens (tertiary/aromatic N) is 1. The van der Waals surface area contributed by atoms with Crippen LogP contribution >= 0.6 is 11.8 Å². The fraction of sp³-hybridized carbons (Fsp3) is 0.261. The number of carbonyl (C=O) groups is 3. The van der Waals surface area contributed by atoms with E-state index in [0.29, 0.717) is 16.2 Å². The van der Waals surface area contributed by atoms with E-state index in [-0.39, 0.29) is 30.6 Å². The third kappa shape index (κ3) is 4.43. The number of thioether (sulfide) groups is 1. The second-order valence-electron chi connectivity index (χ2n) is 6.98. The molecule has 0 aliphatic carbocycles. The minimum absolute atomic E-state index is 0.132. The quantitative estimate of drug-likeness (QED) is 0.680. The Balaban J connectivity index is 2.10. The minimum Gasteiger partial charge on any atom is -0.481 e. The normalized spacial score (nSPS) is 17.9. The van der Waals surface area contributed by atoms with Crippen LogP contribution in [0.4, 0.5) is 0 Å². The summed E-state index contributed by atoms with van der Waals surface area (Å²) in [6.45, 7) is 1.90. The summed E-state index contributed by atoms with van der Waals surface area (Å²) in [7, 11) is 0. The Labute approximate surface area is 174 Å². The fourth-order valence-electron chi connectivity index (χ4n) is 3.66. The molecule has 0 saturated heterocycles. The van der Waals surface area contributed by atoms with Gasteiger partial charge in [0.15, 0.2) is 5.78 Å². The van der Waals surface area contributed by atoms with E-state index >= 15 is 0 Å². The second-order valence-corrected chi connectivity index (χ2v) is 7.77. The summed E-state index contributed by atoms with van der Waals surface area (Å²) in [4.78, 5) is 39.5. The molecule has 6 heteroatoms. The molecule has 1 aliphatic rings. The molecule has 0 aromatic heterocycles. The van der Waals surface area contributed by atoms with Crippen LogP contribution in [0.2, 0.25) is 0 Å². The average molecular weight is 410 g/mol. The third-order valence-electron chi connectivity index (χ3n) is 5.11. The molecule has 0 bridgehead atoms. The SMILES string of the molecule is CSC1=C(C(=O)c2ccccc2)C[C@H](CC(=O)O)C(=O)N1[C@@H](C)c1ccccc1. The minimum atomic E-state index is -1.05. The number of hydrogen-bond donors (Lipinski definition) is 1. The molecule has 1 N–H and O–H groups in total. The molecule has 29 heavy (non-hydrogen) atoms. The van der Waals surface area contributed by atoms with Gasteiger partial charge in [-0.05, 0) is 25.2 Å². The first-order valence-electron chi connectivity index (χ1n) is 9.40. The molecule has 2 atom stereocenters. The number of allylic oxidation sites excluding steroid dienone is 1. The van der Waals surface area contributed by atoms with E-state index in [1.807, 2.05) is 49.6 Å². The zero-order valence-electron chi connectivity index (χ0n) is 16.4. The molecule has 0 radical (unpaired) electrons. The Morgan fingerprint density at radius 1 is 1.10 bits per heavy atom. The van der Waals surface area contributed by atoms with Gasteiger partial charge in [-0.2, -0.15) is 0 Å². The molecule has 0 saturated carbocycles. The summed E-state index contributed by atoms with van der Waals surface area (Å²) in [5, 5.41) is 9.91. The number of aliphatic carboxylic acids is 1. The van der Waals surface area contributed by atoms with E-state index in [2.05, 4.69) is 0 Å². The van der Waals surface area contributed by atoms with Crippen molar-refractivity contribution in [3.05, 3.63) is 82.4 Å². The number of hydrogen-bond acceptors (Lipinski definition) is 4. The predicted octanol–water partition coefficient (Wildman–Crippen LogP) is 4.53. The van der Waals surface area contributed by atoms with Gasteiger partial charge in [0.25, 0.3) is 0 Å². The number of rotatable bonds is 7. The molecular formula is C23H23NO4S. The van der Waals surface area contributed by atoms with Crippen LogP contribution in [0, 0.1) is 5.92 Å². The van der Waals surface area contributed by atoms with Crippen LogP contribution in [0.25, 0.3) is 0 Å². The van der Waals surface area contributed by atoms with Gasteiger partial charge in [-0.1, -0.05) is 60.7 Å². The molecule has 3 rings (SSSR count). The molecule has 0 fully saturated rings. The van der Waals surface area contributed by atoms with E-state index in [1.54, 1.807) is 29.2 Å². The first kappa shape index (κ1) is 20.9. The molecule has 1 heterocycles. The summed E-state index contributed by atoms with van der Waals surface area (Å²) in [6.07, 6.45) is 1.67. The first-order chi connectivity index (χ1) is 13.9. The molecule has 0 unspecified atom stereocenters. The highest BCUT2D eigenvalue weighted by atomic mass is 32.2. The maximum atomic E-state index is 13.3. The lowest BCUT2D eigenvalue weighted by molar-refractivity contribution is -0.144. The molecule has 1 aliphatic heterocycles. The Bertz CT molecular complexity index is 940. The topological polar surface area (TPSA) is 74.7 Å². The molecular weight excluding hydrogens is 386 g/mol. The molecule has 1 amide bonds. The summed E-state index contributed by atoms with van der Waals surface area (Å²) < 4.78 is 0. The molecule has 0 spiro atoms. The van der Waals surface area contributed by atoms with Gasteiger partial charge >= 0.3 is 5.97 Å². The number of carboxylic acid groups (broad SMARTS) is 1. The Hall–Kier alpha value is -2.86. The average Bonchev–Trinajstić information content (AvgIpc) is 2.74. The molecule has 2 aromatic carbocycles. The molecule has 2 aromatic rings. The van der Waals surface area contributed by atoms with Crippen LogP contribution in [-0.2, 0) is 9.59 Å². The van der Waals surface area contributed by atoms with Crippen molar-refractivity contribution >= 4 is 29.4 Å². The molecule has 150 valence electrons. The maximum absolute atomic E-state index is 13.3. The van der Waals surface area contributed by atoms with E-state index < -0.39 is 11.9 Å². The van der Waals surface area contributed by atoms with Gasteiger partial charge in [0, 0.05) is 11.1 Å². The predicted molar refractivity (Wildman–Crippen MR) is 113 cm³/mol. The van der Waals surface area contributed by atoms with Gasteiger partial charge in [0.1, 0.15) is 0 Å². The van der Waals surface area contributed by atoms with Crippen molar-refractivity contribution in [1.29, 1.82) is 0 Å². The lowest BCUT2D eigenvalue weighted by Crippen LogP contribution is -2.42. The van der Waals surface area contributed by atoms with Crippen molar-refractivity contribution in [1.82, 2.24) is 4.90 Å². The van der Waals surface area contributed by atoms with Crippen LogP contribution in [0.5, 0.6) is 0 Å². The highest BCUT2D eigenvalue weighted by Crippen LogP contribution is 2.41. The second kappa shape index (κ2) is 9.09. The van der Waals surface area contributed by atoms with Crippen molar-refractivity contribution in [2.75, 3.05) is 6.26 Å². The molecule has 5 nitrogen and oxygen atoms in total. The lowest BCUT2D eigenvalue weighted by atomic mass is 9.87. The van der Waals surface area contributed by atoms with Crippen molar-refractivity contribution in [2.24, 2.45) is 5.92 Å². The standard InChI is InChI=1S/C23H23NO4S/c1-15(16-9-5-3-6-10-16)24-22(28)18(14-20(25)26)13-19(23(24)29-2)21(27)17-11-7-4-8-12-17/h3-12,15,18H,13-14H2,1-2H3,(H,25,26)/t15-,18+/m0/s1. The summed E-state index contributed by atoms with van der Waals surface area (Å²) in [5.74, 6) is -2.23. The number of carboxylic acids is 1. The van der Waals surface area contributed by atoms with Gasteiger partial charge in [0.05, 0.1) is 23.4 Å². The largest absolute Gasteiger partial charge is 0.481 e. The van der Waals surface area contributed by atoms with Gasteiger partial charge in [-0.3, -0.25) is 19.3 Å². The smallest absolute Gasteiger partial charge is 0.304 e. The van der Waals surface area contributed by atoms with Crippen molar-refractivity contribution in [2.45, 2.75) is 25.8 Å². The zero-order valence-corrected chi connectivity index (χ0v) is 17.2. The summed E-state index contributed by atoms with van der Waals surface area (Å²) >= 11 is 1.35. The van der Waals surface area contributed by atoms with Gasteiger partial charge < -0.3 is 5.11 Å². The Kier molecular flexibility index (Phi) is 6.54. The summed E-state index contributed by atoms with van der Waals surface area (Å²) in [6, 6.07) is 18.1. The highest BCUT2D eigenvalue weighted by Gasteiger charge is 2.40. The van der Waals surface area contributed by atoms with Crippen molar-refractivity contribution in [3.8, 4) is 0 Å². The Morgan fingerprint density at radius 2 is 1.69 bits per heavy atom. The van der Waals surface area contributed by atoms with E-state index in [0.717, 1.165) is 5.56 Å². The van der Waals surface area contributed by atoms with Crippen LogP contribution in [0.3, 0.4) is 0 Å². The third-order valence-corrected chi connectivity index (χ3v) is 5.94. The first-order valence-corrected chi connectivity index (χ1v) is 10.6. The monoisotopic (exact) mass is 409 g/mol. The van der Waals surface area contributed by atoms with Crippen LogP contribution in [0.1, 0.15) is 41.7 Å². The number of carbonyl (C=O) groups excluding carboxylic acids is 2. The van der Waals surface area contributed by atoms with Crippen LogP contribution < -0.4 is 0 Å². The van der Waals surface area contributed by atoms with Gasteiger partial charge in [0.2, 0.25) is 5.91 Å². The van der Waals surface area contributed by atoms with Crippen molar-refractivity contribution < 1.29 is 19.5 Å². The fourth-order valence-corrected chi connectivity index (χ4v) is 4.52. The number of ketones is 1. The van der Waals surface area contributed by atoms with E-state index in [4.69, 9.17) is 0 Å². The summed E-state index contributed by atoms with van der Waals surface area (Å²) in [5.41, 5.74) is 1.96. The van der Waals surface area contributed by atoms with Crippen LogP contribution in [0.15, 0.2) is 71.3 Å². The lowest BCUT2D eigenvalue weighted by Gasteiger charge is -2.38. The number of amides is 1.